The zero-order valence-corrected chi connectivity index (χ0v) is 18.9. The summed E-state index contributed by atoms with van der Waals surface area (Å²) < 4.78 is 3.60. The molecule has 0 atom stereocenters. The number of fused-ring (bicyclic) bond motifs is 2. The standard InChI is InChI=1S/C24H21ClN8O/c25-17-4-5-20-21(9-17)33(31-30-20)14-24(34)29-22-10-18(7-8-26-22)27-11-19-13-32-12-16(15-1-2-15)3-6-23(32)28-19/h3-10,12-13,15H,1-2,11,14H2,(H2,26,27,29,34). The van der Waals surface area contributed by atoms with E-state index in [-0.39, 0.29) is 12.5 Å². The topological polar surface area (TPSA) is 102 Å². The number of hydrogen-bond acceptors (Lipinski definition) is 6. The van der Waals surface area contributed by atoms with Crippen molar-refractivity contribution < 1.29 is 4.79 Å². The van der Waals surface area contributed by atoms with Crippen molar-refractivity contribution in [3.63, 3.8) is 0 Å². The Morgan fingerprint density at radius 3 is 2.91 bits per heavy atom. The molecule has 10 heteroatoms. The van der Waals surface area contributed by atoms with Crippen LogP contribution in [0.25, 0.3) is 16.7 Å². The fraction of sp³-hybridized carbons (Fsp3) is 0.208. The number of anilines is 2. The van der Waals surface area contributed by atoms with Crippen molar-refractivity contribution in [3.8, 4) is 0 Å². The fourth-order valence-corrected chi connectivity index (χ4v) is 4.15. The Kier molecular flexibility index (Phi) is 5.10. The third-order valence-corrected chi connectivity index (χ3v) is 6.08. The van der Waals surface area contributed by atoms with Crippen LogP contribution in [0.1, 0.15) is 30.0 Å². The predicted molar refractivity (Wildman–Crippen MR) is 130 cm³/mol. The molecular weight excluding hydrogens is 452 g/mol. The average molecular weight is 473 g/mol. The van der Waals surface area contributed by atoms with Gasteiger partial charge in [-0.3, -0.25) is 4.79 Å². The van der Waals surface area contributed by atoms with Gasteiger partial charge in [0.05, 0.1) is 17.8 Å². The van der Waals surface area contributed by atoms with Crippen molar-refractivity contribution in [2.24, 2.45) is 0 Å². The molecule has 1 saturated carbocycles. The molecule has 0 bridgehead atoms. The summed E-state index contributed by atoms with van der Waals surface area (Å²) in [7, 11) is 0. The molecule has 0 spiro atoms. The van der Waals surface area contributed by atoms with Crippen LogP contribution in [0.4, 0.5) is 11.5 Å². The van der Waals surface area contributed by atoms with Crippen molar-refractivity contribution in [3.05, 3.63) is 77.3 Å². The number of pyridine rings is 2. The van der Waals surface area contributed by atoms with Crippen molar-refractivity contribution >= 4 is 45.7 Å². The van der Waals surface area contributed by atoms with Crippen molar-refractivity contribution in [2.75, 3.05) is 10.6 Å². The summed E-state index contributed by atoms with van der Waals surface area (Å²) in [5.74, 6) is 0.893. The van der Waals surface area contributed by atoms with Crippen LogP contribution in [-0.4, -0.2) is 35.3 Å². The molecule has 1 amide bonds. The highest BCUT2D eigenvalue weighted by molar-refractivity contribution is 6.31. The maximum absolute atomic E-state index is 12.6. The Bertz CT molecular complexity index is 1520. The molecule has 34 heavy (non-hydrogen) atoms. The Labute approximate surface area is 199 Å². The highest BCUT2D eigenvalue weighted by Crippen LogP contribution is 2.39. The molecule has 9 nitrogen and oxygen atoms in total. The third-order valence-electron chi connectivity index (χ3n) is 5.84. The van der Waals surface area contributed by atoms with Gasteiger partial charge in [0, 0.05) is 35.4 Å². The second-order valence-electron chi connectivity index (χ2n) is 8.45. The van der Waals surface area contributed by atoms with Crippen molar-refractivity contribution in [1.29, 1.82) is 0 Å². The minimum absolute atomic E-state index is 0.000269. The van der Waals surface area contributed by atoms with E-state index in [9.17, 15) is 4.79 Å². The Morgan fingerprint density at radius 2 is 2.03 bits per heavy atom. The lowest BCUT2D eigenvalue weighted by Gasteiger charge is -2.08. The number of nitrogens with zero attached hydrogens (tertiary/aromatic N) is 6. The lowest BCUT2D eigenvalue weighted by molar-refractivity contribution is -0.116. The summed E-state index contributed by atoms with van der Waals surface area (Å²) in [5, 5.41) is 14.8. The highest BCUT2D eigenvalue weighted by Gasteiger charge is 2.23. The maximum atomic E-state index is 12.6. The molecule has 1 fully saturated rings. The van der Waals surface area contributed by atoms with Gasteiger partial charge in [-0.2, -0.15) is 0 Å². The molecular formula is C24H21ClN8O. The van der Waals surface area contributed by atoms with E-state index < -0.39 is 0 Å². The zero-order valence-electron chi connectivity index (χ0n) is 18.1. The summed E-state index contributed by atoms with van der Waals surface area (Å²) in [4.78, 5) is 21.5. The monoisotopic (exact) mass is 472 g/mol. The third kappa shape index (κ3) is 4.29. The van der Waals surface area contributed by atoms with Crippen LogP contribution in [0, 0.1) is 0 Å². The minimum Gasteiger partial charge on any atom is -0.379 e. The number of carbonyl (C=O) groups excluding carboxylic acids is 1. The van der Waals surface area contributed by atoms with E-state index >= 15 is 0 Å². The number of aromatic nitrogens is 6. The lowest BCUT2D eigenvalue weighted by atomic mass is 10.2. The first-order chi connectivity index (χ1) is 16.6. The predicted octanol–water partition coefficient (Wildman–Crippen LogP) is 4.26. The molecule has 4 aromatic heterocycles. The molecule has 1 aliphatic rings. The van der Waals surface area contributed by atoms with Gasteiger partial charge in [-0.15, -0.1) is 5.10 Å². The van der Waals surface area contributed by atoms with Crippen molar-refractivity contribution in [1.82, 2.24) is 29.4 Å². The van der Waals surface area contributed by atoms with E-state index in [0.717, 1.165) is 17.0 Å². The van der Waals surface area contributed by atoms with Gasteiger partial charge in [0.2, 0.25) is 5.91 Å². The maximum Gasteiger partial charge on any atom is 0.247 e. The van der Waals surface area contributed by atoms with Crippen LogP contribution in [0.2, 0.25) is 5.02 Å². The summed E-state index contributed by atoms with van der Waals surface area (Å²) >= 11 is 6.06. The molecule has 4 heterocycles. The van der Waals surface area contributed by atoms with E-state index in [1.807, 2.05) is 12.3 Å². The second-order valence-corrected chi connectivity index (χ2v) is 8.88. The number of halogens is 1. The van der Waals surface area contributed by atoms with E-state index in [1.54, 1.807) is 30.5 Å². The van der Waals surface area contributed by atoms with Gasteiger partial charge in [0.1, 0.15) is 23.5 Å². The number of rotatable bonds is 7. The van der Waals surface area contributed by atoms with Gasteiger partial charge in [0.15, 0.2) is 0 Å². The molecule has 1 aliphatic carbocycles. The van der Waals surface area contributed by atoms with Crippen LogP contribution in [-0.2, 0) is 17.9 Å². The number of hydrogen-bond donors (Lipinski definition) is 2. The average Bonchev–Trinajstić information content (AvgIpc) is 3.49. The van der Waals surface area contributed by atoms with Gasteiger partial charge in [0.25, 0.3) is 0 Å². The summed E-state index contributed by atoms with van der Waals surface area (Å²) in [5.41, 5.74) is 5.46. The molecule has 6 rings (SSSR count). The second kappa shape index (κ2) is 8.42. The summed E-state index contributed by atoms with van der Waals surface area (Å²) in [6, 6.07) is 13.1. The van der Waals surface area contributed by atoms with Gasteiger partial charge in [-0.05, 0) is 54.7 Å². The van der Waals surface area contributed by atoms with Crippen LogP contribution in [0.15, 0.2) is 61.1 Å². The Morgan fingerprint density at radius 1 is 1.12 bits per heavy atom. The fourth-order valence-electron chi connectivity index (χ4n) is 3.98. The lowest BCUT2D eigenvalue weighted by Crippen LogP contribution is -2.20. The zero-order chi connectivity index (χ0) is 23.1. The normalized spacial score (nSPS) is 13.4. The van der Waals surface area contributed by atoms with Gasteiger partial charge >= 0.3 is 0 Å². The largest absolute Gasteiger partial charge is 0.379 e. The van der Waals surface area contributed by atoms with E-state index in [2.05, 4.69) is 53.6 Å². The van der Waals surface area contributed by atoms with Crippen LogP contribution in [0.5, 0.6) is 0 Å². The molecule has 5 aromatic rings. The smallest absolute Gasteiger partial charge is 0.247 e. The first kappa shape index (κ1) is 20.6. The van der Waals surface area contributed by atoms with Crippen LogP contribution in [0.3, 0.4) is 0 Å². The molecule has 0 unspecified atom stereocenters. The van der Waals surface area contributed by atoms with E-state index in [0.29, 0.717) is 34.3 Å². The van der Waals surface area contributed by atoms with Crippen molar-refractivity contribution in [2.45, 2.75) is 31.8 Å². The quantitative estimate of drug-likeness (QED) is 0.367. The SMILES string of the molecule is O=C(Cn1nnc2ccc(Cl)cc21)Nc1cc(NCc2cn3cc(C4CC4)ccc3n2)ccn1. The highest BCUT2D eigenvalue weighted by atomic mass is 35.5. The number of amides is 1. The van der Waals surface area contributed by atoms with E-state index in [4.69, 9.17) is 11.6 Å². The molecule has 2 N–H and O–H groups in total. The van der Waals surface area contributed by atoms with Gasteiger partial charge in [-0.25, -0.2) is 14.6 Å². The first-order valence-corrected chi connectivity index (χ1v) is 11.4. The van der Waals surface area contributed by atoms with E-state index in [1.165, 1.54) is 23.1 Å². The summed E-state index contributed by atoms with van der Waals surface area (Å²) in [6.45, 7) is 0.559. The number of benzene rings is 1. The Balaban J connectivity index is 1.10. The number of nitrogens with one attached hydrogen (secondary N) is 2. The number of imidazole rings is 1. The van der Waals surface area contributed by atoms with Gasteiger partial charge in [-0.1, -0.05) is 22.9 Å². The molecule has 1 aromatic carbocycles. The van der Waals surface area contributed by atoms with Crippen LogP contribution < -0.4 is 10.6 Å². The Hall–Kier alpha value is -3.98. The first-order valence-electron chi connectivity index (χ1n) is 11.1. The molecule has 0 radical (unpaired) electrons. The molecule has 170 valence electrons. The number of carbonyl (C=O) groups is 1. The minimum atomic E-state index is -0.261. The summed E-state index contributed by atoms with van der Waals surface area (Å²) in [6.07, 6.45) is 8.43. The van der Waals surface area contributed by atoms with Crippen LogP contribution >= 0.6 is 11.6 Å². The molecule has 0 saturated heterocycles. The molecule has 0 aliphatic heterocycles. The van der Waals surface area contributed by atoms with Gasteiger partial charge < -0.3 is 15.0 Å².